The number of amidine groups is 1. The zero-order valence-corrected chi connectivity index (χ0v) is 19.2. The first-order chi connectivity index (χ1) is 17.0. The molecule has 2 amide bonds. The molecule has 8 heteroatoms. The van der Waals surface area contributed by atoms with E-state index in [1.165, 1.54) is 12.1 Å². The molecule has 3 aromatic rings. The normalized spacial score (nSPS) is 20.5. The number of carbonyl (C=O) groups is 1. The average molecular weight is 477 g/mol. The Bertz CT molecular complexity index is 1170. The van der Waals surface area contributed by atoms with Crippen molar-refractivity contribution in [3.8, 4) is 0 Å². The van der Waals surface area contributed by atoms with Crippen LogP contribution in [0, 0.1) is 5.82 Å². The number of nitrogens with zero attached hydrogens (tertiary/aromatic N) is 2. The molecule has 3 atom stereocenters. The molecule has 3 aromatic carbocycles. The molecular formula is C27H29FN4O3. The third-order valence-corrected chi connectivity index (χ3v) is 6.42. The Kier molecular flexibility index (Phi) is 7.62. The molecular weight excluding hydrogens is 447 g/mol. The zero-order valence-electron chi connectivity index (χ0n) is 19.2. The number of aryl methyl sites for hydroxylation is 1. The first-order valence-electron chi connectivity index (χ1n) is 11.6. The number of nitrogens with one attached hydrogen (secondary N) is 1. The summed E-state index contributed by atoms with van der Waals surface area (Å²) in [4.78, 5) is 14.8. The fraction of sp³-hybridized carbons (Fsp3) is 0.259. The van der Waals surface area contributed by atoms with E-state index >= 15 is 0 Å². The van der Waals surface area contributed by atoms with Gasteiger partial charge in [-0.3, -0.25) is 0 Å². The SMILES string of the molecule is N/C(=N/O)c1cc(CN2C(=O)NC(CCc3ccccc3)C(O)C2Cc2ccccc2)ccc1F. The van der Waals surface area contributed by atoms with Crippen molar-refractivity contribution in [1.82, 2.24) is 10.2 Å². The van der Waals surface area contributed by atoms with Crippen molar-refractivity contribution in [2.24, 2.45) is 10.9 Å². The van der Waals surface area contributed by atoms with Gasteiger partial charge in [-0.25, -0.2) is 9.18 Å². The predicted molar refractivity (Wildman–Crippen MR) is 131 cm³/mol. The molecule has 0 radical (unpaired) electrons. The van der Waals surface area contributed by atoms with Gasteiger partial charge in [0, 0.05) is 6.54 Å². The van der Waals surface area contributed by atoms with Crippen molar-refractivity contribution in [1.29, 1.82) is 0 Å². The lowest BCUT2D eigenvalue weighted by molar-refractivity contribution is 0.0100. The van der Waals surface area contributed by atoms with Crippen LogP contribution in [-0.4, -0.2) is 45.3 Å². The van der Waals surface area contributed by atoms with Crippen molar-refractivity contribution < 1.29 is 19.5 Å². The standard InChI is InChI=1S/C27H29FN4O3/c28-22-13-11-20(15-21(22)26(29)31-35)17-32-24(16-19-9-5-2-6-10-19)25(33)23(30-27(32)34)14-12-18-7-3-1-4-8-18/h1-11,13,15,23-25,33,35H,12,14,16-17H2,(H2,29,31)(H,30,34). The number of aliphatic hydroxyl groups is 1. The maximum Gasteiger partial charge on any atom is 0.318 e. The topological polar surface area (TPSA) is 111 Å². The highest BCUT2D eigenvalue weighted by Crippen LogP contribution is 2.25. The first kappa shape index (κ1) is 24.2. The van der Waals surface area contributed by atoms with Crippen molar-refractivity contribution in [2.45, 2.75) is 44.0 Å². The molecule has 5 N–H and O–H groups in total. The monoisotopic (exact) mass is 476 g/mol. The van der Waals surface area contributed by atoms with Gasteiger partial charge in [0.15, 0.2) is 5.84 Å². The van der Waals surface area contributed by atoms with Crippen LogP contribution in [0.15, 0.2) is 84.0 Å². The maximum absolute atomic E-state index is 14.2. The molecule has 1 heterocycles. The summed E-state index contributed by atoms with van der Waals surface area (Å²) in [6, 6.07) is 22.6. The fourth-order valence-electron chi connectivity index (χ4n) is 4.53. The summed E-state index contributed by atoms with van der Waals surface area (Å²) < 4.78 is 14.2. The van der Waals surface area contributed by atoms with E-state index in [0.29, 0.717) is 18.4 Å². The number of hydrogen-bond acceptors (Lipinski definition) is 4. The van der Waals surface area contributed by atoms with Crippen LogP contribution in [-0.2, 0) is 19.4 Å². The highest BCUT2D eigenvalue weighted by Gasteiger charge is 2.40. The number of nitrogens with two attached hydrogens (primary N) is 1. The summed E-state index contributed by atoms with van der Waals surface area (Å²) >= 11 is 0. The average Bonchev–Trinajstić information content (AvgIpc) is 2.89. The number of benzene rings is 3. The van der Waals surface area contributed by atoms with Gasteiger partial charge in [0.1, 0.15) is 5.82 Å². The second-order valence-corrected chi connectivity index (χ2v) is 8.76. The van der Waals surface area contributed by atoms with E-state index in [4.69, 9.17) is 10.9 Å². The molecule has 0 saturated carbocycles. The third kappa shape index (κ3) is 5.78. The molecule has 1 saturated heterocycles. The number of amides is 2. The molecule has 0 aromatic heterocycles. The van der Waals surface area contributed by atoms with Crippen LogP contribution in [0.25, 0.3) is 0 Å². The van der Waals surface area contributed by atoms with Gasteiger partial charge in [-0.05, 0) is 48.1 Å². The Balaban J connectivity index is 1.58. The van der Waals surface area contributed by atoms with E-state index in [0.717, 1.165) is 17.5 Å². The van der Waals surface area contributed by atoms with Crippen LogP contribution in [0.4, 0.5) is 9.18 Å². The number of rotatable bonds is 8. The van der Waals surface area contributed by atoms with E-state index < -0.39 is 24.0 Å². The summed E-state index contributed by atoms with van der Waals surface area (Å²) in [6.45, 7) is 0.123. The summed E-state index contributed by atoms with van der Waals surface area (Å²) in [6.07, 6.45) is 0.967. The van der Waals surface area contributed by atoms with Crippen LogP contribution < -0.4 is 11.1 Å². The summed E-state index contributed by atoms with van der Waals surface area (Å²) in [5.74, 6) is -0.983. The Morgan fingerprint density at radius 1 is 1.00 bits per heavy atom. The molecule has 1 aliphatic rings. The van der Waals surface area contributed by atoms with Crippen LogP contribution in [0.1, 0.15) is 28.7 Å². The van der Waals surface area contributed by atoms with Gasteiger partial charge < -0.3 is 26.3 Å². The Hall–Kier alpha value is -3.91. The van der Waals surface area contributed by atoms with E-state index in [1.54, 1.807) is 11.0 Å². The lowest BCUT2D eigenvalue weighted by Crippen LogP contribution is -2.65. The number of oxime groups is 1. The number of aliphatic hydroxyl groups excluding tert-OH is 1. The first-order valence-corrected chi connectivity index (χ1v) is 11.6. The van der Waals surface area contributed by atoms with Crippen LogP contribution in [0.3, 0.4) is 0 Å². The van der Waals surface area contributed by atoms with Gasteiger partial charge in [-0.2, -0.15) is 0 Å². The van der Waals surface area contributed by atoms with Crippen molar-refractivity contribution >= 4 is 11.9 Å². The Morgan fingerprint density at radius 2 is 1.66 bits per heavy atom. The zero-order chi connectivity index (χ0) is 24.8. The van der Waals surface area contributed by atoms with E-state index in [1.807, 2.05) is 60.7 Å². The van der Waals surface area contributed by atoms with Gasteiger partial charge in [-0.15, -0.1) is 0 Å². The predicted octanol–water partition coefficient (Wildman–Crippen LogP) is 3.42. The molecule has 0 aliphatic carbocycles. The lowest BCUT2D eigenvalue weighted by Gasteiger charge is -2.44. The Morgan fingerprint density at radius 3 is 2.31 bits per heavy atom. The molecule has 35 heavy (non-hydrogen) atoms. The van der Waals surface area contributed by atoms with E-state index in [9.17, 15) is 14.3 Å². The second kappa shape index (κ2) is 11.0. The summed E-state index contributed by atoms with van der Waals surface area (Å²) in [5, 5.41) is 26.2. The van der Waals surface area contributed by atoms with Gasteiger partial charge in [-0.1, -0.05) is 71.9 Å². The van der Waals surface area contributed by atoms with Gasteiger partial charge in [0.25, 0.3) is 0 Å². The molecule has 3 unspecified atom stereocenters. The number of halogens is 1. The quantitative estimate of drug-likeness (QED) is 0.173. The largest absolute Gasteiger partial charge is 0.409 e. The van der Waals surface area contributed by atoms with Gasteiger partial charge in [0.05, 0.1) is 23.8 Å². The fourth-order valence-corrected chi connectivity index (χ4v) is 4.53. The van der Waals surface area contributed by atoms with Crippen molar-refractivity contribution in [2.75, 3.05) is 0 Å². The van der Waals surface area contributed by atoms with Crippen molar-refractivity contribution in [3.63, 3.8) is 0 Å². The van der Waals surface area contributed by atoms with Crippen molar-refractivity contribution in [3.05, 3.63) is 107 Å². The molecule has 4 rings (SSSR count). The number of hydrogen-bond donors (Lipinski definition) is 4. The molecule has 182 valence electrons. The summed E-state index contributed by atoms with van der Waals surface area (Å²) in [7, 11) is 0. The second-order valence-electron chi connectivity index (χ2n) is 8.76. The van der Waals surface area contributed by atoms with Crippen LogP contribution in [0.2, 0.25) is 0 Å². The highest BCUT2D eigenvalue weighted by atomic mass is 19.1. The molecule has 0 spiro atoms. The Labute approximate surface area is 203 Å². The third-order valence-electron chi connectivity index (χ3n) is 6.42. The smallest absolute Gasteiger partial charge is 0.318 e. The minimum atomic E-state index is -0.819. The molecule has 7 nitrogen and oxygen atoms in total. The number of urea groups is 1. The van der Waals surface area contributed by atoms with Gasteiger partial charge in [0.2, 0.25) is 0 Å². The lowest BCUT2D eigenvalue weighted by atomic mass is 9.89. The molecule has 1 fully saturated rings. The van der Waals surface area contributed by atoms with E-state index in [-0.39, 0.29) is 24.0 Å². The molecule has 1 aliphatic heterocycles. The molecule has 0 bridgehead atoms. The highest BCUT2D eigenvalue weighted by molar-refractivity contribution is 5.97. The number of carbonyl (C=O) groups excluding carboxylic acids is 1. The van der Waals surface area contributed by atoms with Crippen LogP contribution >= 0.6 is 0 Å². The van der Waals surface area contributed by atoms with Crippen LogP contribution in [0.5, 0.6) is 0 Å². The minimum absolute atomic E-state index is 0.0525. The maximum atomic E-state index is 14.2. The van der Waals surface area contributed by atoms with E-state index in [2.05, 4.69) is 10.5 Å². The van der Waals surface area contributed by atoms with Gasteiger partial charge >= 0.3 is 6.03 Å². The summed E-state index contributed by atoms with van der Waals surface area (Å²) in [5.41, 5.74) is 8.28. The minimum Gasteiger partial charge on any atom is -0.409 e.